The summed E-state index contributed by atoms with van der Waals surface area (Å²) in [5, 5.41) is 5.65. The molecular formula is C20H26FN3O3. The van der Waals surface area contributed by atoms with Crippen LogP contribution >= 0.6 is 0 Å². The maximum atomic E-state index is 13.3. The molecule has 1 aromatic rings. The first-order valence-corrected chi connectivity index (χ1v) is 9.49. The summed E-state index contributed by atoms with van der Waals surface area (Å²) in [5.74, 6) is -1.25. The number of hydrogen-bond acceptors (Lipinski definition) is 3. The summed E-state index contributed by atoms with van der Waals surface area (Å²) in [6.07, 6.45) is 5.94. The van der Waals surface area contributed by atoms with Crippen molar-refractivity contribution >= 4 is 17.7 Å². The van der Waals surface area contributed by atoms with Crippen LogP contribution in [0.25, 0.3) is 0 Å². The topological polar surface area (TPSA) is 101 Å². The van der Waals surface area contributed by atoms with E-state index in [4.69, 9.17) is 5.73 Å². The molecule has 2 aliphatic rings. The van der Waals surface area contributed by atoms with Crippen molar-refractivity contribution < 1.29 is 18.8 Å². The Morgan fingerprint density at radius 2 is 2.00 bits per heavy atom. The first kappa shape index (κ1) is 19.3. The van der Waals surface area contributed by atoms with E-state index < -0.39 is 23.7 Å². The smallest absolute Gasteiger partial charge is 0.243 e. The van der Waals surface area contributed by atoms with Gasteiger partial charge in [0.05, 0.1) is 12.8 Å². The molecule has 2 aliphatic carbocycles. The van der Waals surface area contributed by atoms with Gasteiger partial charge in [-0.3, -0.25) is 14.4 Å². The van der Waals surface area contributed by atoms with Crippen LogP contribution in [0.5, 0.6) is 0 Å². The number of rotatable bonds is 9. The van der Waals surface area contributed by atoms with Gasteiger partial charge in [0, 0.05) is 5.54 Å². The number of benzene rings is 1. The monoisotopic (exact) mass is 375 g/mol. The van der Waals surface area contributed by atoms with Crippen molar-refractivity contribution in [2.24, 2.45) is 11.7 Å². The van der Waals surface area contributed by atoms with E-state index in [1.54, 1.807) is 6.07 Å². The maximum Gasteiger partial charge on any atom is 0.243 e. The van der Waals surface area contributed by atoms with E-state index in [0.717, 1.165) is 25.7 Å². The van der Waals surface area contributed by atoms with Crippen molar-refractivity contribution in [1.82, 2.24) is 10.6 Å². The second-order valence-electron chi connectivity index (χ2n) is 7.87. The summed E-state index contributed by atoms with van der Waals surface area (Å²) < 4.78 is 13.3. The van der Waals surface area contributed by atoms with Crippen molar-refractivity contribution in [3.05, 3.63) is 35.6 Å². The lowest BCUT2D eigenvalue weighted by molar-refractivity contribution is -0.133. The molecular weight excluding hydrogens is 349 g/mol. The Bertz CT molecular complexity index is 729. The van der Waals surface area contributed by atoms with Crippen molar-refractivity contribution in [3.8, 4) is 0 Å². The van der Waals surface area contributed by atoms with Crippen LogP contribution in [-0.4, -0.2) is 29.3 Å². The van der Waals surface area contributed by atoms with E-state index in [0.29, 0.717) is 11.5 Å². The Balaban J connectivity index is 1.60. The SMILES string of the molecule is NC(=O)CC(NC(=O)Cc1cccc(F)c1)C(=O)NC1(CC2CC2)CCC1. The van der Waals surface area contributed by atoms with Crippen LogP contribution in [0.4, 0.5) is 4.39 Å². The summed E-state index contributed by atoms with van der Waals surface area (Å²) in [6, 6.07) is 4.69. The molecule has 0 heterocycles. The molecule has 1 atom stereocenters. The van der Waals surface area contributed by atoms with E-state index in [9.17, 15) is 18.8 Å². The first-order chi connectivity index (χ1) is 12.8. The van der Waals surface area contributed by atoms with Gasteiger partial charge >= 0.3 is 0 Å². The van der Waals surface area contributed by atoms with Crippen LogP contribution < -0.4 is 16.4 Å². The van der Waals surface area contributed by atoms with E-state index >= 15 is 0 Å². The van der Waals surface area contributed by atoms with Crippen LogP contribution in [-0.2, 0) is 20.8 Å². The molecule has 0 aliphatic heterocycles. The van der Waals surface area contributed by atoms with Gasteiger partial charge in [0.25, 0.3) is 0 Å². The highest BCUT2D eigenvalue weighted by Gasteiger charge is 2.43. The molecule has 0 aromatic heterocycles. The number of primary amides is 1. The zero-order valence-electron chi connectivity index (χ0n) is 15.3. The van der Waals surface area contributed by atoms with E-state index in [2.05, 4.69) is 10.6 Å². The zero-order chi connectivity index (χ0) is 19.4. The molecule has 146 valence electrons. The lowest BCUT2D eigenvalue weighted by Gasteiger charge is -2.43. The third-order valence-corrected chi connectivity index (χ3v) is 5.39. The summed E-state index contributed by atoms with van der Waals surface area (Å²) in [4.78, 5) is 36.4. The number of amides is 3. The van der Waals surface area contributed by atoms with Crippen molar-refractivity contribution in [2.75, 3.05) is 0 Å². The van der Waals surface area contributed by atoms with Gasteiger partial charge < -0.3 is 16.4 Å². The summed E-state index contributed by atoms with van der Waals surface area (Å²) in [5.41, 5.74) is 5.55. The highest BCUT2D eigenvalue weighted by atomic mass is 19.1. The fourth-order valence-electron chi connectivity index (χ4n) is 3.69. The summed E-state index contributed by atoms with van der Waals surface area (Å²) in [6.45, 7) is 0. The van der Waals surface area contributed by atoms with Gasteiger partial charge in [-0.2, -0.15) is 0 Å². The molecule has 0 bridgehead atoms. The zero-order valence-corrected chi connectivity index (χ0v) is 15.3. The predicted octanol–water partition coefficient (Wildman–Crippen LogP) is 1.57. The van der Waals surface area contributed by atoms with Crippen LogP contribution in [0.15, 0.2) is 24.3 Å². The normalized spacial score (nSPS) is 18.9. The van der Waals surface area contributed by atoms with E-state index in [-0.39, 0.29) is 24.3 Å². The second-order valence-corrected chi connectivity index (χ2v) is 7.87. The molecule has 6 nitrogen and oxygen atoms in total. The molecule has 3 rings (SSSR count). The van der Waals surface area contributed by atoms with Gasteiger partial charge in [-0.1, -0.05) is 25.0 Å². The molecule has 0 spiro atoms. The van der Waals surface area contributed by atoms with Gasteiger partial charge in [-0.15, -0.1) is 0 Å². The van der Waals surface area contributed by atoms with Gasteiger partial charge in [-0.05, 0) is 49.3 Å². The van der Waals surface area contributed by atoms with Crippen LogP contribution in [0, 0.1) is 11.7 Å². The largest absolute Gasteiger partial charge is 0.370 e. The van der Waals surface area contributed by atoms with Crippen molar-refractivity contribution in [3.63, 3.8) is 0 Å². The van der Waals surface area contributed by atoms with Crippen LogP contribution in [0.2, 0.25) is 0 Å². The Morgan fingerprint density at radius 3 is 2.56 bits per heavy atom. The maximum absolute atomic E-state index is 13.3. The van der Waals surface area contributed by atoms with Crippen LogP contribution in [0.1, 0.15) is 50.5 Å². The minimum absolute atomic E-state index is 0.0759. The standard InChI is InChI=1S/C20H26FN3O3/c21-15-4-1-3-14(9-15)10-18(26)23-16(11-17(22)25)19(27)24-20(7-2-8-20)12-13-5-6-13/h1,3-4,9,13,16H,2,5-8,10-12H2,(H2,22,25)(H,23,26)(H,24,27). The second kappa shape index (κ2) is 8.06. The minimum atomic E-state index is -1.01. The molecule has 0 saturated heterocycles. The van der Waals surface area contributed by atoms with Crippen LogP contribution in [0.3, 0.4) is 0 Å². The van der Waals surface area contributed by atoms with E-state index in [1.807, 2.05) is 0 Å². The first-order valence-electron chi connectivity index (χ1n) is 9.49. The van der Waals surface area contributed by atoms with Gasteiger partial charge in [0.1, 0.15) is 11.9 Å². The third-order valence-electron chi connectivity index (χ3n) is 5.39. The quantitative estimate of drug-likeness (QED) is 0.611. The Hall–Kier alpha value is -2.44. The number of carbonyl (C=O) groups excluding carboxylic acids is 3. The average Bonchev–Trinajstić information content (AvgIpc) is 3.35. The summed E-state index contributed by atoms with van der Waals surface area (Å²) in [7, 11) is 0. The number of halogens is 1. The van der Waals surface area contributed by atoms with E-state index in [1.165, 1.54) is 31.0 Å². The average molecular weight is 375 g/mol. The lowest BCUT2D eigenvalue weighted by Crippen LogP contribution is -2.59. The number of carbonyl (C=O) groups is 3. The van der Waals surface area contributed by atoms with Crippen molar-refractivity contribution in [2.45, 2.75) is 62.9 Å². The van der Waals surface area contributed by atoms with Gasteiger partial charge in [0.2, 0.25) is 17.7 Å². The molecule has 0 radical (unpaired) electrons. The molecule has 1 unspecified atom stereocenters. The Labute approximate surface area is 158 Å². The molecule has 7 heteroatoms. The van der Waals surface area contributed by atoms with Gasteiger partial charge in [-0.25, -0.2) is 4.39 Å². The van der Waals surface area contributed by atoms with Gasteiger partial charge in [0.15, 0.2) is 0 Å². The highest BCUT2D eigenvalue weighted by Crippen LogP contribution is 2.44. The number of hydrogen-bond donors (Lipinski definition) is 3. The highest BCUT2D eigenvalue weighted by molar-refractivity contribution is 5.92. The minimum Gasteiger partial charge on any atom is -0.370 e. The Kier molecular flexibility index (Phi) is 5.77. The molecule has 2 saturated carbocycles. The number of nitrogens with two attached hydrogens (primary N) is 1. The summed E-state index contributed by atoms with van der Waals surface area (Å²) >= 11 is 0. The number of nitrogens with one attached hydrogen (secondary N) is 2. The molecule has 2 fully saturated rings. The molecule has 3 amide bonds. The molecule has 1 aromatic carbocycles. The molecule has 4 N–H and O–H groups in total. The predicted molar refractivity (Wildman–Crippen MR) is 97.9 cm³/mol. The third kappa shape index (κ3) is 5.52. The Morgan fingerprint density at radius 1 is 1.26 bits per heavy atom. The lowest BCUT2D eigenvalue weighted by atomic mass is 9.73. The van der Waals surface area contributed by atoms with Crippen molar-refractivity contribution in [1.29, 1.82) is 0 Å². The fourth-order valence-corrected chi connectivity index (χ4v) is 3.69. The molecule has 27 heavy (non-hydrogen) atoms. The fraction of sp³-hybridized carbons (Fsp3) is 0.550.